The number of H-pyrrole nitrogens is 1. The minimum Gasteiger partial charge on any atom is -0.346 e. The Morgan fingerprint density at radius 2 is 2.28 bits per heavy atom. The number of aromatic amines is 1. The van der Waals surface area contributed by atoms with Crippen molar-refractivity contribution in [3.63, 3.8) is 0 Å². The Bertz CT molecular complexity index is 779. The Hall–Kier alpha value is -2.52. The molecule has 1 atom stereocenters. The van der Waals surface area contributed by atoms with E-state index in [0.717, 1.165) is 35.3 Å². The van der Waals surface area contributed by atoms with E-state index in [-0.39, 0.29) is 0 Å². The van der Waals surface area contributed by atoms with Gasteiger partial charge in [-0.15, -0.1) is 0 Å². The number of hydrogen-bond donors (Lipinski definition) is 3. The molecular weight excluding hydrogens is 312 g/mol. The van der Waals surface area contributed by atoms with Crippen LogP contribution in [0, 0.1) is 22.7 Å². The number of hydrogen-bond acceptors (Lipinski definition) is 5. The van der Waals surface area contributed by atoms with Crippen molar-refractivity contribution >= 4 is 22.8 Å². The van der Waals surface area contributed by atoms with E-state index in [2.05, 4.69) is 26.3 Å². The van der Waals surface area contributed by atoms with Crippen LogP contribution >= 0.6 is 0 Å². The van der Waals surface area contributed by atoms with Gasteiger partial charge in [-0.05, 0) is 37.8 Å². The SMILES string of the molecule is N#CC[C@@H](NCC/C=C(\C=N)c1ncnc2[nH]ccc12)C1CCCC1. The third-order valence-corrected chi connectivity index (χ3v) is 4.98. The van der Waals surface area contributed by atoms with Crippen molar-refractivity contribution in [1.29, 1.82) is 10.7 Å². The molecule has 1 aliphatic carbocycles. The second kappa shape index (κ2) is 8.54. The summed E-state index contributed by atoms with van der Waals surface area (Å²) in [4.78, 5) is 11.6. The molecule has 25 heavy (non-hydrogen) atoms. The number of rotatable bonds is 8. The maximum absolute atomic E-state index is 9.06. The summed E-state index contributed by atoms with van der Waals surface area (Å²) in [6.45, 7) is 0.807. The van der Waals surface area contributed by atoms with Crippen LogP contribution in [-0.2, 0) is 0 Å². The van der Waals surface area contributed by atoms with Crippen molar-refractivity contribution < 1.29 is 0 Å². The average molecular weight is 336 g/mol. The first-order valence-electron chi connectivity index (χ1n) is 8.93. The number of aromatic nitrogens is 3. The van der Waals surface area contributed by atoms with Gasteiger partial charge in [0.05, 0.1) is 18.2 Å². The lowest BCUT2D eigenvalue weighted by atomic mass is 9.95. The Labute approximate surface area is 147 Å². The highest BCUT2D eigenvalue weighted by Gasteiger charge is 2.24. The van der Waals surface area contributed by atoms with Gasteiger partial charge in [-0.1, -0.05) is 18.9 Å². The minimum atomic E-state index is 0.291. The molecule has 0 aliphatic heterocycles. The minimum absolute atomic E-state index is 0.291. The Morgan fingerprint density at radius 3 is 3.04 bits per heavy atom. The van der Waals surface area contributed by atoms with Gasteiger partial charge in [0, 0.05) is 29.4 Å². The van der Waals surface area contributed by atoms with E-state index < -0.39 is 0 Å². The van der Waals surface area contributed by atoms with Crippen molar-refractivity contribution in [2.75, 3.05) is 6.54 Å². The number of nitriles is 1. The zero-order chi connectivity index (χ0) is 17.5. The first-order chi connectivity index (χ1) is 12.3. The lowest BCUT2D eigenvalue weighted by Crippen LogP contribution is -2.35. The Balaban J connectivity index is 1.62. The van der Waals surface area contributed by atoms with E-state index in [1.54, 1.807) is 0 Å². The standard InChI is InChI=1S/C19H24N6/c20-9-7-17(14-4-1-2-5-14)22-10-3-6-15(12-21)18-16-8-11-23-19(16)25-13-24-18/h6,8,11-14,17,21-22H,1-5,7,10H2,(H,23,24,25)/b15-6+,21-12?/t17-/m1/s1. The number of allylic oxidation sites excluding steroid dienone is 1. The molecule has 1 fully saturated rings. The fourth-order valence-corrected chi connectivity index (χ4v) is 3.69. The van der Waals surface area contributed by atoms with Gasteiger partial charge in [-0.25, -0.2) is 9.97 Å². The molecule has 2 heterocycles. The molecule has 1 saturated carbocycles. The highest BCUT2D eigenvalue weighted by molar-refractivity contribution is 6.11. The summed E-state index contributed by atoms with van der Waals surface area (Å²) in [5, 5.41) is 21.3. The van der Waals surface area contributed by atoms with Gasteiger partial charge in [0.2, 0.25) is 0 Å². The van der Waals surface area contributed by atoms with Crippen molar-refractivity contribution in [2.24, 2.45) is 5.92 Å². The molecule has 0 saturated heterocycles. The lowest BCUT2D eigenvalue weighted by molar-refractivity contribution is 0.365. The van der Waals surface area contributed by atoms with Crippen molar-refractivity contribution in [3.05, 3.63) is 30.4 Å². The van der Waals surface area contributed by atoms with Gasteiger partial charge < -0.3 is 15.7 Å². The summed E-state index contributed by atoms with van der Waals surface area (Å²) in [7, 11) is 0. The van der Waals surface area contributed by atoms with Crippen LogP contribution in [-0.4, -0.2) is 33.8 Å². The van der Waals surface area contributed by atoms with Crippen LogP contribution in [0.25, 0.3) is 16.6 Å². The highest BCUT2D eigenvalue weighted by atomic mass is 14.9. The van der Waals surface area contributed by atoms with E-state index in [4.69, 9.17) is 10.7 Å². The third kappa shape index (κ3) is 4.12. The smallest absolute Gasteiger partial charge is 0.141 e. The van der Waals surface area contributed by atoms with Gasteiger partial charge in [0.15, 0.2) is 0 Å². The molecule has 130 valence electrons. The molecule has 1 aliphatic rings. The van der Waals surface area contributed by atoms with Crippen LogP contribution in [0.15, 0.2) is 24.7 Å². The van der Waals surface area contributed by atoms with Gasteiger partial charge in [0.1, 0.15) is 12.0 Å². The molecular formula is C19H24N6. The van der Waals surface area contributed by atoms with Crippen molar-refractivity contribution in [1.82, 2.24) is 20.3 Å². The summed E-state index contributed by atoms with van der Waals surface area (Å²) in [6, 6.07) is 4.54. The second-order valence-electron chi connectivity index (χ2n) is 6.52. The molecule has 0 radical (unpaired) electrons. The number of fused-ring (bicyclic) bond motifs is 1. The quantitative estimate of drug-likeness (QED) is 0.507. The number of nitrogens with zero attached hydrogens (tertiary/aromatic N) is 3. The van der Waals surface area contributed by atoms with Crippen LogP contribution < -0.4 is 5.32 Å². The van der Waals surface area contributed by atoms with E-state index in [0.29, 0.717) is 18.4 Å². The monoisotopic (exact) mass is 336 g/mol. The first kappa shape index (κ1) is 17.3. The Kier molecular flexibility index (Phi) is 5.91. The van der Waals surface area contributed by atoms with Gasteiger partial charge >= 0.3 is 0 Å². The largest absolute Gasteiger partial charge is 0.346 e. The molecule has 3 rings (SSSR count). The van der Waals surface area contributed by atoms with Crippen LogP contribution in [0.1, 0.15) is 44.2 Å². The predicted octanol–water partition coefficient (Wildman–Crippen LogP) is 3.44. The highest BCUT2D eigenvalue weighted by Crippen LogP contribution is 2.29. The molecule has 3 N–H and O–H groups in total. The van der Waals surface area contributed by atoms with Crippen LogP contribution in [0.4, 0.5) is 0 Å². The fourth-order valence-electron chi connectivity index (χ4n) is 3.69. The molecule has 2 aromatic heterocycles. The van der Waals surface area contributed by atoms with Crippen LogP contribution in [0.5, 0.6) is 0 Å². The molecule has 0 bridgehead atoms. The van der Waals surface area contributed by atoms with Crippen molar-refractivity contribution in [2.45, 2.75) is 44.6 Å². The summed E-state index contributed by atoms with van der Waals surface area (Å²) in [6.07, 6.45) is 13.1. The normalized spacial score (nSPS) is 16.8. The molecule has 6 heteroatoms. The van der Waals surface area contributed by atoms with Crippen LogP contribution in [0.2, 0.25) is 0 Å². The van der Waals surface area contributed by atoms with Gasteiger partial charge in [0.25, 0.3) is 0 Å². The molecule has 0 spiro atoms. The van der Waals surface area contributed by atoms with Crippen molar-refractivity contribution in [3.8, 4) is 6.07 Å². The maximum atomic E-state index is 9.06. The third-order valence-electron chi connectivity index (χ3n) is 4.98. The van der Waals surface area contributed by atoms with Crippen LogP contribution in [0.3, 0.4) is 0 Å². The topological polar surface area (TPSA) is 101 Å². The Morgan fingerprint density at radius 1 is 1.44 bits per heavy atom. The predicted molar refractivity (Wildman–Crippen MR) is 99.2 cm³/mol. The molecule has 6 nitrogen and oxygen atoms in total. The summed E-state index contributed by atoms with van der Waals surface area (Å²) in [5.41, 5.74) is 2.36. The molecule has 2 aromatic rings. The lowest BCUT2D eigenvalue weighted by Gasteiger charge is -2.22. The van der Waals surface area contributed by atoms with Gasteiger partial charge in [-0.3, -0.25) is 0 Å². The first-order valence-corrected chi connectivity index (χ1v) is 8.93. The van der Waals surface area contributed by atoms with E-state index in [1.807, 2.05) is 18.3 Å². The van der Waals surface area contributed by atoms with E-state index in [9.17, 15) is 0 Å². The number of nitrogens with one attached hydrogen (secondary N) is 3. The second-order valence-corrected chi connectivity index (χ2v) is 6.52. The van der Waals surface area contributed by atoms with E-state index >= 15 is 0 Å². The molecule has 0 aromatic carbocycles. The molecule has 0 unspecified atom stereocenters. The zero-order valence-electron chi connectivity index (χ0n) is 14.3. The summed E-state index contributed by atoms with van der Waals surface area (Å²) in [5.74, 6) is 0.632. The maximum Gasteiger partial charge on any atom is 0.141 e. The molecule has 0 amide bonds. The van der Waals surface area contributed by atoms with Gasteiger partial charge in [-0.2, -0.15) is 5.26 Å². The average Bonchev–Trinajstić information content (AvgIpc) is 3.32. The fraction of sp³-hybridized carbons (Fsp3) is 0.474. The van der Waals surface area contributed by atoms with E-state index in [1.165, 1.54) is 38.2 Å². The zero-order valence-corrected chi connectivity index (χ0v) is 14.3. The summed E-state index contributed by atoms with van der Waals surface area (Å²) >= 11 is 0. The summed E-state index contributed by atoms with van der Waals surface area (Å²) < 4.78 is 0.